The fourth-order valence-corrected chi connectivity index (χ4v) is 3.18. The summed E-state index contributed by atoms with van der Waals surface area (Å²) in [6, 6.07) is 7.06. The van der Waals surface area contributed by atoms with Gasteiger partial charge in [0.25, 0.3) is 5.91 Å². The van der Waals surface area contributed by atoms with Crippen LogP contribution in [0.2, 0.25) is 0 Å². The Balaban J connectivity index is 2.02. The van der Waals surface area contributed by atoms with Gasteiger partial charge in [-0.2, -0.15) is 0 Å². The lowest BCUT2D eigenvalue weighted by atomic mass is 9.93. The highest BCUT2D eigenvalue weighted by molar-refractivity contribution is 6.08. The summed E-state index contributed by atoms with van der Waals surface area (Å²) in [7, 11) is 1.61. The van der Waals surface area contributed by atoms with Gasteiger partial charge in [-0.05, 0) is 51.3 Å². The zero-order valence-electron chi connectivity index (χ0n) is 17.1. The molecule has 0 spiro atoms. The summed E-state index contributed by atoms with van der Waals surface area (Å²) in [5, 5.41) is 2.75. The summed E-state index contributed by atoms with van der Waals surface area (Å²) in [6.45, 7) is 9.84. The van der Waals surface area contributed by atoms with Gasteiger partial charge in [0.15, 0.2) is 0 Å². The number of rotatable bonds is 9. The van der Waals surface area contributed by atoms with Crippen LogP contribution in [0.3, 0.4) is 0 Å². The Morgan fingerprint density at radius 3 is 2.46 bits per heavy atom. The highest BCUT2D eigenvalue weighted by Crippen LogP contribution is 2.24. The quantitative estimate of drug-likeness (QED) is 0.521. The summed E-state index contributed by atoms with van der Waals surface area (Å²) in [5.41, 5.74) is 0.858. The van der Waals surface area contributed by atoms with E-state index in [0.29, 0.717) is 25.9 Å². The zero-order chi connectivity index (χ0) is 20.9. The van der Waals surface area contributed by atoms with Gasteiger partial charge in [0.1, 0.15) is 17.8 Å². The molecule has 0 radical (unpaired) electrons. The Morgan fingerprint density at radius 2 is 1.93 bits per heavy atom. The Labute approximate surface area is 166 Å². The zero-order valence-corrected chi connectivity index (χ0v) is 17.1. The average molecular weight is 387 g/mol. The third kappa shape index (κ3) is 4.91. The van der Waals surface area contributed by atoms with Crippen LogP contribution in [-0.4, -0.2) is 59.9 Å². The van der Waals surface area contributed by atoms with E-state index in [9.17, 15) is 14.4 Å². The monoisotopic (exact) mass is 387 g/mol. The van der Waals surface area contributed by atoms with E-state index in [1.165, 1.54) is 0 Å². The van der Waals surface area contributed by atoms with Crippen LogP contribution in [-0.2, 0) is 16.0 Å². The summed E-state index contributed by atoms with van der Waals surface area (Å²) >= 11 is 0. The highest BCUT2D eigenvalue weighted by atomic mass is 16.5. The first-order valence-corrected chi connectivity index (χ1v) is 9.39. The molecule has 0 saturated carbocycles. The minimum absolute atomic E-state index is 0.260. The number of methoxy groups -OCH3 is 1. The average Bonchev–Trinajstić information content (AvgIpc) is 2.88. The number of urea groups is 1. The van der Waals surface area contributed by atoms with Gasteiger partial charge in [-0.25, -0.2) is 4.79 Å². The first-order chi connectivity index (χ1) is 13.2. The standard InChI is InChI=1S/C21H29N3O4/c1-6-23(13-15(2)3)18(25)14-24-19(26)21(4,22-20(24)27)12-11-16-7-9-17(28-5)10-8-16/h7-10H,2,6,11-14H2,1,3-5H3,(H,22,27)/t21-/m1/s1. The number of amides is 4. The molecule has 1 heterocycles. The van der Waals surface area contributed by atoms with Crippen molar-refractivity contribution in [2.45, 2.75) is 39.2 Å². The number of imide groups is 1. The van der Waals surface area contributed by atoms with Crippen molar-refractivity contribution in [2.24, 2.45) is 0 Å². The normalized spacial score (nSPS) is 18.8. The molecule has 7 nitrogen and oxygen atoms in total. The van der Waals surface area contributed by atoms with Crippen molar-refractivity contribution in [2.75, 3.05) is 26.7 Å². The molecule has 1 aromatic rings. The lowest BCUT2D eigenvalue weighted by Crippen LogP contribution is -2.46. The number of likely N-dealkylation sites (N-methyl/N-ethyl adjacent to an activating group) is 1. The van der Waals surface area contributed by atoms with Crippen molar-refractivity contribution in [1.82, 2.24) is 15.1 Å². The minimum Gasteiger partial charge on any atom is -0.497 e. The molecule has 7 heteroatoms. The minimum atomic E-state index is -1.03. The molecule has 4 amide bonds. The van der Waals surface area contributed by atoms with E-state index in [4.69, 9.17) is 4.74 Å². The number of hydrogen-bond acceptors (Lipinski definition) is 4. The highest BCUT2D eigenvalue weighted by Gasteiger charge is 2.48. The molecular formula is C21H29N3O4. The molecule has 2 rings (SSSR count). The van der Waals surface area contributed by atoms with Crippen molar-refractivity contribution >= 4 is 17.8 Å². The van der Waals surface area contributed by atoms with Crippen molar-refractivity contribution in [3.05, 3.63) is 42.0 Å². The lowest BCUT2D eigenvalue weighted by Gasteiger charge is -2.24. The fraction of sp³-hybridized carbons (Fsp3) is 0.476. The second kappa shape index (κ2) is 8.91. The van der Waals surface area contributed by atoms with Gasteiger partial charge in [0.05, 0.1) is 7.11 Å². The van der Waals surface area contributed by atoms with Crippen LogP contribution < -0.4 is 10.1 Å². The number of hydrogen-bond donors (Lipinski definition) is 1. The molecule has 0 aromatic heterocycles. The van der Waals surface area contributed by atoms with Crippen LogP contribution in [0.15, 0.2) is 36.4 Å². The van der Waals surface area contributed by atoms with Crippen LogP contribution >= 0.6 is 0 Å². The van der Waals surface area contributed by atoms with Crippen LogP contribution in [0.5, 0.6) is 5.75 Å². The largest absolute Gasteiger partial charge is 0.497 e. The van der Waals surface area contributed by atoms with E-state index >= 15 is 0 Å². The Hall–Kier alpha value is -2.83. The smallest absolute Gasteiger partial charge is 0.325 e. The van der Waals surface area contributed by atoms with Crippen LogP contribution in [0.4, 0.5) is 4.79 Å². The van der Waals surface area contributed by atoms with Crippen LogP contribution in [0.25, 0.3) is 0 Å². The lowest BCUT2D eigenvalue weighted by molar-refractivity contribution is -0.138. The van der Waals surface area contributed by atoms with E-state index in [2.05, 4.69) is 11.9 Å². The molecule has 152 valence electrons. The van der Waals surface area contributed by atoms with Crippen molar-refractivity contribution in [3.63, 3.8) is 0 Å². The second-order valence-corrected chi connectivity index (χ2v) is 7.37. The summed E-state index contributed by atoms with van der Waals surface area (Å²) in [5.74, 6) is 0.124. The predicted molar refractivity (Wildman–Crippen MR) is 107 cm³/mol. The van der Waals surface area contributed by atoms with E-state index in [0.717, 1.165) is 21.8 Å². The number of nitrogens with zero attached hydrogens (tertiary/aromatic N) is 2. The number of carbonyl (C=O) groups is 3. The van der Waals surface area contributed by atoms with Crippen LogP contribution in [0.1, 0.15) is 32.8 Å². The van der Waals surface area contributed by atoms with E-state index in [1.807, 2.05) is 38.1 Å². The molecule has 1 fully saturated rings. The van der Waals surface area contributed by atoms with Gasteiger partial charge in [0, 0.05) is 13.1 Å². The SMILES string of the molecule is C=C(C)CN(CC)C(=O)CN1C(=O)N[C@](C)(CCc2ccc(OC)cc2)C1=O. The second-order valence-electron chi connectivity index (χ2n) is 7.37. The van der Waals surface area contributed by atoms with Gasteiger partial charge in [-0.3, -0.25) is 14.5 Å². The molecule has 1 aromatic carbocycles. The van der Waals surface area contributed by atoms with Crippen molar-refractivity contribution in [3.8, 4) is 5.75 Å². The molecule has 0 bridgehead atoms. The maximum Gasteiger partial charge on any atom is 0.325 e. The summed E-state index contributed by atoms with van der Waals surface area (Å²) in [4.78, 5) is 40.3. The predicted octanol–water partition coefficient (Wildman–Crippen LogP) is 2.36. The Morgan fingerprint density at radius 1 is 1.29 bits per heavy atom. The maximum atomic E-state index is 12.9. The third-order valence-electron chi connectivity index (χ3n) is 4.91. The number of carbonyl (C=O) groups excluding carboxylic acids is 3. The van der Waals surface area contributed by atoms with E-state index < -0.39 is 11.6 Å². The van der Waals surface area contributed by atoms with E-state index in [-0.39, 0.29) is 18.4 Å². The topological polar surface area (TPSA) is 79.0 Å². The molecule has 1 atom stereocenters. The van der Waals surface area contributed by atoms with Gasteiger partial charge in [-0.15, -0.1) is 0 Å². The molecule has 28 heavy (non-hydrogen) atoms. The van der Waals surface area contributed by atoms with Crippen LogP contribution in [0, 0.1) is 0 Å². The first kappa shape index (κ1) is 21.5. The number of aryl methyl sites for hydroxylation is 1. The Kier molecular flexibility index (Phi) is 6.83. The molecule has 0 unspecified atom stereocenters. The molecule has 1 aliphatic rings. The van der Waals surface area contributed by atoms with E-state index in [1.54, 1.807) is 18.9 Å². The number of nitrogens with one attached hydrogen (secondary N) is 1. The molecular weight excluding hydrogens is 358 g/mol. The first-order valence-electron chi connectivity index (χ1n) is 9.39. The molecule has 1 saturated heterocycles. The summed E-state index contributed by atoms with van der Waals surface area (Å²) < 4.78 is 5.14. The molecule has 1 N–H and O–H groups in total. The Bertz CT molecular complexity index is 759. The molecule has 0 aliphatic carbocycles. The van der Waals surface area contributed by atoms with Gasteiger partial charge in [0.2, 0.25) is 5.91 Å². The maximum absolute atomic E-state index is 12.9. The summed E-state index contributed by atoms with van der Waals surface area (Å²) in [6.07, 6.45) is 1.06. The van der Waals surface area contributed by atoms with Gasteiger partial charge in [-0.1, -0.05) is 24.3 Å². The van der Waals surface area contributed by atoms with Crippen molar-refractivity contribution < 1.29 is 19.1 Å². The van der Waals surface area contributed by atoms with Gasteiger partial charge < -0.3 is 15.0 Å². The molecule has 1 aliphatic heterocycles. The van der Waals surface area contributed by atoms with Crippen molar-refractivity contribution in [1.29, 1.82) is 0 Å². The number of benzene rings is 1. The fourth-order valence-electron chi connectivity index (χ4n) is 3.18. The van der Waals surface area contributed by atoms with Gasteiger partial charge >= 0.3 is 6.03 Å². The number of ether oxygens (including phenoxy) is 1. The third-order valence-corrected chi connectivity index (χ3v) is 4.91.